The molecule has 0 fully saturated rings. The second-order valence-electron chi connectivity index (χ2n) is 2.09. The highest BCUT2D eigenvalue weighted by molar-refractivity contribution is 7.73. The first-order chi connectivity index (χ1) is 5.75. The largest absolute Gasteiger partial charge is 1.00 e. The van der Waals surface area contributed by atoms with Gasteiger partial charge in [0.25, 0.3) is 5.39 Å². The monoisotopic (exact) mass is 203 g/mol. The first kappa shape index (κ1) is 11.3. The summed E-state index contributed by atoms with van der Waals surface area (Å²) in [7, 11) is -2.29. The van der Waals surface area contributed by atoms with Crippen LogP contribution in [0, 0.1) is 5.39 Å². The summed E-state index contributed by atoms with van der Waals surface area (Å²) in [5.74, 6) is 0. The molecule has 0 spiro atoms. The molecule has 7 heteroatoms. The molecule has 13 heavy (non-hydrogen) atoms. The first-order valence-corrected chi connectivity index (χ1v) is 4.24. The molecule has 70 valence electrons. The number of allylic oxidation sites excluding steroid dienone is 2. The van der Waals surface area contributed by atoms with Crippen LogP contribution in [0.2, 0.25) is 0 Å². The van der Waals surface area contributed by atoms with E-state index in [1.165, 1.54) is 6.08 Å². The van der Waals surface area contributed by atoms with Crippen molar-refractivity contribution in [1.82, 2.24) is 5.43 Å². The van der Waals surface area contributed by atoms with Crippen LogP contribution in [0.3, 0.4) is 0 Å². The van der Waals surface area contributed by atoms with Gasteiger partial charge in [-0.05, 0) is 11.5 Å². The van der Waals surface area contributed by atoms with E-state index in [2.05, 4.69) is 10.5 Å². The van der Waals surface area contributed by atoms with E-state index < -0.39 is 16.3 Å². The molecule has 1 rings (SSSR count). The Hall–Kier alpha value is -1.68. The van der Waals surface area contributed by atoms with Gasteiger partial charge in [0.05, 0.1) is 0 Å². The van der Waals surface area contributed by atoms with E-state index in [1.807, 2.05) is 0 Å². The van der Waals surface area contributed by atoms with Crippen LogP contribution < -0.4 is 10.1 Å². The van der Waals surface area contributed by atoms with Crippen molar-refractivity contribution in [3.63, 3.8) is 0 Å². The van der Waals surface area contributed by atoms with Gasteiger partial charge in [-0.25, -0.2) is 0 Å². The van der Waals surface area contributed by atoms with Crippen LogP contribution in [-0.4, -0.2) is 19.3 Å². The Kier molecular flexibility index (Phi) is 4.40. The van der Waals surface area contributed by atoms with Crippen LogP contribution in [0.15, 0.2) is 24.3 Å². The Balaban J connectivity index is 0.00000144. The molecule has 0 aliphatic heterocycles. The molecule has 0 radical (unpaired) electrons. The standard InChI is InChI=1S/C6H6N3O2S.FH/c7-9-8-5-3-1-2-4-6(5)12(10)11;/h1-5,8H;1H/q+1;/p-1. The van der Waals surface area contributed by atoms with E-state index in [9.17, 15) is 8.42 Å². The van der Waals surface area contributed by atoms with E-state index >= 15 is 0 Å². The zero-order chi connectivity index (χ0) is 8.97. The molecule has 0 saturated carbocycles. The van der Waals surface area contributed by atoms with Crippen molar-refractivity contribution in [2.45, 2.75) is 6.04 Å². The minimum atomic E-state index is -2.29. The van der Waals surface area contributed by atoms with Gasteiger partial charge in [0.1, 0.15) is 4.86 Å². The van der Waals surface area contributed by atoms with Crippen LogP contribution in [0.1, 0.15) is 0 Å². The average molecular weight is 203 g/mol. The Morgan fingerprint density at radius 3 is 2.69 bits per heavy atom. The predicted octanol–water partition coefficient (Wildman–Crippen LogP) is -3.11. The lowest BCUT2D eigenvalue weighted by Crippen LogP contribution is -3.00. The van der Waals surface area contributed by atoms with E-state index in [4.69, 9.17) is 5.39 Å². The number of nitrogens with zero attached hydrogens (tertiary/aromatic N) is 2. The lowest BCUT2D eigenvalue weighted by atomic mass is 10.1. The number of diazo groups is 1. The number of hydrogen-bond acceptors (Lipinski definition) is 4. The van der Waals surface area contributed by atoms with Gasteiger partial charge in [-0.3, -0.25) is 0 Å². The summed E-state index contributed by atoms with van der Waals surface area (Å²) in [6.07, 6.45) is 6.27. The summed E-state index contributed by atoms with van der Waals surface area (Å²) >= 11 is 0. The fourth-order valence-electron chi connectivity index (χ4n) is 0.852. The number of hydrogen-bond donors (Lipinski definition) is 1. The van der Waals surface area contributed by atoms with Gasteiger partial charge in [-0.15, -0.1) is 0 Å². The van der Waals surface area contributed by atoms with Crippen LogP contribution in [-0.2, 0) is 10.3 Å². The maximum Gasteiger partial charge on any atom is 0.303 e. The Bertz CT molecular complexity index is 396. The lowest BCUT2D eigenvalue weighted by molar-refractivity contribution is -0.00000475. The fourth-order valence-corrected chi connectivity index (χ4v) is 1.38. The molecule has 0 aromatic carbocycles. The third-order valence-electron chi connectivity index (χ3n) is 1.37. The van der Waals surface area contributed by atoms with Crippen molar-refractivity contribution in [3.05, 3.63) is 29.4 Å². The maximum atomic E-state index is 10.6. The molecule has 0 heterocycles. The summed E-state index contributed by atoms with van der Waals surface area (Å²) in [5.41, 5.74) is 2.23. The normalized spacial score (nSPS) is 18.7. The van der Waals surface area contributed by atoms with Crippen molar-refractivity contribution in [2.24, 2.45) is 0 Å². The maximum absolute atomic E-state index is 10.6. The Morgan fingerprint density at radius 2 is 2.15 bits per heavy atom. The summed E-state index contributed by atoms with van der Waals surface area (Å²) < 4.78 is 21.1. The SMILES string of the molecule is N#[N+]NC1C=CC=CC1=S(=O)=O.[F-]. The van der Waals surface area contributed by atoms with Crippen molar-refractivity contribution in [2.75, 3.05) is 0 Å². The molecular formula is C6H6FN3O2S. The zero-order valence-electron chi connectivity index (χ0n) is 6.38. The minimum Gasteiger partial charge on any atom is -1.00 e. The summed E-state index contributed by atoms with van der Waals surface area (Å²) in [6.45, 7) is 0. The van der Waals surface area contributed by atoms with Crippen molar-refractivity contribution < 1.29 is 13.1 Å². The molecule has 1 aliphatic carbocycles. The van der Waals surface area contributed by atoms with Crippen molar-refractivity contribution >= 4 is 15.2 Å². The molecule has 1 unspecified atom stereocenters. The zero-order valence-corrected chi connectivity index (χ0v) is 7.20. The molecule has 0 amide bonds. The molecule has 5 nitrogen and oxygen atoms in total. The fraction of sp³-hybridized carbons (Fsp3) is 0.167. The summed E-state index contributed by atoms with van der Waals surface area (Å²) in [5, 5.41) is 10.8. The van der Waals surface area contributed by atoms with E-state index in [0.29, 0.717) is 0 Å². The minimum absolute atomic E-state index is 0. The first-order valence-electron chi connectivity index (χ1n) is 3.16. The number of halogens is 1. The highest BCUT2D eigenvalue weighted by Gasteiger charge is 2.18. The van der Waals surface area contributed by atoms with Gasteiger partial charge in [0, 0.05) is 0 Å². The molecule has 1 atom stereocenters. The smallest absolute Gasteiger partial charge is 0.303 e. The highest BCUT2D eigenvalue weighted by Crippen LogP contribution is 1.99. The molecule has 1 N–H and O–H groups in total. The number of nitrogens with one attached hydrogen (secondary N) is 1. The van der Waals surface area contributed by atoms with Gasteiger partial charge in [0.15, 0.2) is 6.04 Å². The molecule has 0 bridgehead atoms. The highest BCUT2D eigenvalue weighted by atomic mass is 32.2. The molecular weight excluding hydrogens is 197 g/mol. The van der Waals surface area contributed by atoms with Crippen LogP contribution in [0.4, 0.5) is 0 Å². The quantitative estimate of drug-likeness (QED) is 0.278. The Morgan fingerprint density at radius 1 is 1.46 bits per heavy atom. The third kappa shape index (κ3) is 2.68. The van der Waals surface area contributed by atoms with E-state index in [1.54, 1.807) is 18.2 Å². The average Bonchev–Trinajstić information content (AvgIpc) is 2.05. The predicted molar refractivity (Wildman–Crippen MR) is 44.2 cm³/mol. The topological polar surface area (TPSA) is 74.3 Å². The van der Waals surface area contributed by atoms with Gasteiger partial charge in [-0.1, -0.05) is 18.2 Å². The van der Waals surface area contributed by atoms with Gasteiger partial charge >= 0.3 is 5.08 Å². The second kappa shape index (κ2) is 5.05. The van der Waals surface area contributed by atoms with Gasteiger partial charge in [0.2, 0.25) is 10.3 Å². The van der Waals surface area contributed by atoms with Crippen LogP contribution >= 0.6 is 0 Å². The summed E-state index contributed by atoms with van der Waals surface area (Å²) in [6, 6.07) is -0.571. The third-order valence-corrected chi connectivity index (χ3v) is 2.15. The molecule has 1 aliphatic rings. The van der Waals surface area contributed by atoms with Gasteiger partial charge < -0.3 is 4.70 Å². The van der Waals surface area contributed by atoms with E-state index in [-0.39, 0.29) is 9.57 Å². The Labute approximate surface area is 75.2 Å². The summed E-state index contributed by atoms with van der Waals surface area (Å²) in [4.78, 5) is 0.148. The number of rotatable bonds is 1. The van der Waals surface area contributed by atoms with Crippen LogP contribution in [0.25, 0.3) is 5.08 Å². The van der Waals surface area contributed by atoms with Crippen LogP contribution in [0.5, 0.6) is 0 Å². The lowest BCUT2D eigenvalue weighted by Gasteiger charge is -2.03. The molecule has 0 aromatic rings. The van der Waals surface area contributed by atoms with Gasteiger partial charge in [-0.2, -0.15) is 8.42 Å². The van der Waals surface area contributed by atoms with E-state index in [0.717, 1.165) is 0 Å². The van der Waals surface area contributed by atoms with Crippen molar-refractivity contribution in [1.29, 1.82) is 5.39 Å². The second-order valence-corrected chi connectivity index (χ2v) is 3.03. The molecule has 0 aromatic heterocycles. The molecule has 0 saturated heterocycles. The van der Waals surface area contributed by atoms with Crippen molar-refractivity contribution in [3.8, 4) is 0 Å².